The Bertz CT molecular complexity index is 395. The summed E-state index contributed by atoms with van der Waals surface area (Å²) < 4.78 is 5.85. The highest BCUT2D eigenvalue weighted by atomic mass is 16.5. The molecule has 3 N–H and O–H groups in total. The van der Waals surface area contributed by atoms with Gasteiger partial charge in [-0.15, -0.1) is 0 Å². The standard InChI is InChI=1S/C14H20N2O2/c1-10(15)14(17)16-11-6-8-13(9-7-11)18-12-4-2-3-5-12/h6-10,12H,2-5,15H2,1H3,(H,16,17). The highest BCUT2D eigenvalue weighted by Gasteiger charge is 2.16. The molecule has 1 aliphatic carbocycles. The van der Waals surface area contributed by atoms with E-state index in [4.69, 9.17) is 10.5 Å². The van der Waals surface area contributed by atoms with Gasteiger partial charge >= 0.3 is 0 Å². The Morgan fingerprint density at radius 3 is 2.50 bits per heavy atom. The van der Waals surface area contributed by atoms with E-state index in [0.717, 1.165) is 24.3 Å². The molecule has 0 aliphatic heterocycles. The second-order valence-corrected chi connectivity index (χ2v) is 4.83. The van der Waals surface area contributed by atoms with Gasteiger partial charge in [0.15, 0.2) is 0 Å². The van der Waals surface area contributed by atoms with E-state index in [1.165, 1.54) is 12.8 Å². The van der Waals surface area contributed by atoms with Crippen LogP contribution in [0.2, 0.25) is 0 Å². The van der Waals surface area contributed by atoms with Crippen LogP contribution in [-0.2, 0) is 4.79 Å². The molecule has 0 saturated heterocycles. The molecule has 4 heteroatoms. The molecule has 18 heavy (non-hydrogen) atoms. The number of nitrogens with two attached hydrogens (primary N) is 1. The number of ether oxygens (including phenoxy) is 1. The summed E-state index contributed by atoms with van der Waals surface area (Å²) in [6.07, 6.45) is 5.15. The fourth-order valence-electron chi connectivity index (χ4n) is 2.07. The Morgan fingerprint density at radius 2 is 1.94 bits per heavy atom. The van der Waals surface area contributed by atoms with Gasteiger partial charge in [0.25, 0.3) is 0 Å². The lowest BCUT2D eigenvalue weighted by Crippen LogP contribution is -2.32. The molecule has 0 spiro atoms. The number of amides is 1. The molecule has 0 heterocycles. The van der Waals surface area contributed by atoms with Crippen LogP contribution in [0.25, 0.3) is 0 Å². The smallest absolute Gasteiger partial charge is 0.240 e. The first kappa shape index (κ1) is 12.9. The molecule has 1 atom stereocenters. The fourth-order valence-corrected chi connectivity index (χ4v) is 2.07. The van der Waals surface area contributed by atoms with Crippen LogP contribution in [-0.4, -0.2) is 18.1 Å². The van der Waals surface area contributed by atoms with Crippen molar-refractivity contribution in [3.63, 3.8) is 0 Å². The maximum absolute atomic E-state index is 11.4. The average molecular weight is 248 g/mol. The van der Waals surface area contributed by atoms with Crippen LogP contribution in [0.15, 0.2) is 24.3 Å². The highest BCUT2D eigenvalue weighted by Crippen LogP contribution is 2.24. The first-order valence-electron chi connectivity index (χ1n) is 6.48. The number of carbonyl (C=O) groups excluding carboxylic acids is 1. The van der Waals surface area contributed by atoms with Crippen molar-refractivity contribution in [1.29, 1.82) is 0 Å². The van der Waals surface area contributed by atoms with Crippen molar-refractivity contribution in [2.75, 3.05) is 5.32 Å². The van der Waals surface area contributed by atoms with Crippen LogP contribution >= 0.6 is 0 Å². The monoisotopic (exact) mass is 248 g/mol. The van der Waals surface area contributed by atoms with E-state index >= 15 is 0 Å². The summed E-state index contributed by atoms with van der Waals surface area (Å²) in [5.41, 5.74) is 6.23. The SMILES string of the molecule is CC(N)C(=O)Nc1ccc(OC2CCCC2)cc1. The van der Waals surface area contributed by atoms with Gasteiger partial charge in [-0.25, -0.2) is 0 Å². The molecule has 1 aliphatic rings. The van der Waals surface area contributed by atoms with E-state index in [1.807, 2.05) is 24.3 Å². The van der Waals surface area contributed by atoms with Crippen LogP contribution in [0.1, 0.15) is 32.6 Å². The average Bonchev–Trinajstić information content (AvgIpc) is 2.84. The van der Waals surface area contributed by atoms with Gasteiger partial charge < -0.3 is 15.8 Å². The molecule has 2 rings (SSSR count). The van der Waals surface area contributed by atoms with Crippen molar-refractivity contribution in [2.45, 2.75) is 44.8 Å². The molecule has 0 radical (unpaired) electrons. The predicted octanol–water partition coefficient (Wildman–Crippen LogP) is 2.29. The van der Waals surface area contributed by atoms with Gasteiger partial charge in [-0.05, 0) is 56.9 Å². The number of nitrogens with one attached hydrogen (secondary N) is 1. The predicted molar refractivity (Wildman–Crippen MR) is 71.6 cm³/mol. The molecule has 0 bridgehead atoms. The van der Waals surface area contributed by atoms with Gasteiger partial charge in [0.05, 0.1) is 12.1 Å². The minimum atomic E-state index is -0.501. The zero-order valence-corrected chi connectivity index (χ0v) is 10.7. The van der Waals surface area contributed by atoms with Crippen LogP contribution in [0.5, 0.6) is 5.75 Å². The molecule has 1 unspecified atom stereocenters. The number of carbonyl (C=O) groups is 1. The first-order valence-corrected chi connectivity index (χ1v) is 6.48. The Balaban J connectivity index is 1.90. The Kier molecular flexibility index (Phi) is 4.20. The second-order valence-electron chi connectivity index (χ2n) is 4.83. The summed E-state index contributed by atoms with van der Waals surface area (Å²) in [5, 5.41) is 2.74. The van der Waals surface area contributed by atoms with Gasteiger partial charge in [0.1, 0.15) is 5.75 Å². The van der Waals surface area contributed by atoms with E-state index < -0.39 is 6.04 Å². The number of anilines is 1. The third-order valence-corrected chi connectivity index (χ3v) is 3.14. The Morgan fingerprint density at radius 1 is 1.33 bits per heavy atom. The lowest BCUT2D eigenvalue weighted by Gasteiger charge is -2.13. The van der Waals surface area contributed by atoms with Crippen LogP contribution in [0.3, 0.4) is 0 Å². The third-order valence-electron chi connectivity index (χ3n) is 3.14. The van der Waals surface area contributed by atoms with Gasteiger partial charge in [0, 0.05) is 5.69 Å². The van der Waals surface area contributed by atoms with Crippen LogP contribution in [0, 0.1) is 0 Å². The van der Waals surface area contributed by atoms with E-state index in [0.29, 0.717) is 6.10 Å². The third kappa shape index (κ3) is 3.47. The second kappa shape index (κ2) is 5.87. The lowest BCUT2D eigenvalue weighted by molar-refractivity contribution is -0.117. The molecule has 4 nitrogen and oxygen atoms in total. The highest BCUT2D eigenvalue weighted by molar-refractivity contribution is 5.94. The summed E-state index contributed by atoms with van der Waals surface area (Å²) in [7, 11) is 0. The normalized spacial score (nSPS) is 17.4. The molecule has 1 fully saturated rings. The largest absolute Gasteiger partial charge is 0.490 e. The number of rotatable bonds is 4. The molecule has 0 aromatic heterocycles. The zero-order valence-electron chi connectivity index (χ0n) is 10.7. The quantitative estimate of drug-likeness (QED) is 0.859. The van der Waals surface area contributed by atoms with Gasteiger partial charge in [-0.1, -0.05) is 0 Å². The maximum atomic E-state index is 11.4. The molecular weight excluding hydrogens is 228 g/mol. The molecular formula is C14H20N2O2. The molecule has 98 valence electrons. The summed E-state index contributed by atoms with van der Waals surface area (Å²) >= 11 is 0. The fraction of sp³-hybridized carbons (Fsp3) is 0.500. The number of benzene rings is 1. The minimum Gasteiger partial charge on any atom is -0.490 e. The van der Waals surface area contributed by atoms with Crippen LogP contribution < -0.4 is 15.8 Å². The van der Waals surface area contributed by atoms with Gasteiger partial charge in [0.2, 0.25) is 5.91 Å². The van der Waals surface area contributed by atoms with E-state index in [2.05, 4.69) is 5.32 Å². The van der Waals surface area contributed by atoms with E-state index in [9.17, 15) is 4.79 Å². The van der Waals surface area contributed by atoms with Gasteiger partial charge in [-0.3, -0.25) is 4.79 Å². The maximum Gasteiger partial charge on any atom is 0.240 e. The molecule has 1 aromatic carbocycles. The molecule has 1 amide bonds. The van der Waals surface area contributed by atoms with Gasteiger partial charge in [-0.2, -0.15) is 0 Å². The van der Waals surface area contributed by atoms with Crippen molar-refractivity contribution in [1.82, 2.24) is 0 Å². The van der Waals surface area contributed by atoms with Crippen molar-refractivity contribution in [2.24, 2.45) is 5.73 Å². The summed E-state index contributed by atoms with van der Waals surface area (Å²) in [6.45, 7) is 1.66. The zero-order chi connectivity index (χ0) is 13.0. The summed E-state index contributed by atoms with van der Waals surface area (Å²) in [4.78, 5) is 11.4. The molecule has 1 aromatic rings. The van der Waals surface area contributed by atoms with Crippen molar-refractivity contribution in [3.05, 3.63) is 24.3 Å². The van der Waals surface area contributed by atoms with Crippen LogP contribution in [0.4, 0.5) is 5.69 Å². The van der Waals surface area contributed by atoms with Crippen molar-refractivity contribution < 1.29 is 9.53 Å². The Hall–Kier alpha value is -1.55. The minimum absolute atomic E-state index is 0.181. The number of hydrogen-bond acceptors (Lipinski definition) is 3. The summed E-state index contributed by atoms with van der Waals surface area (Å²) in [5.74, 6) is 0.681. The molecule has 1 saturated carbocycles. The van der Waals surface area contributed by atoms with E-state index in [1.54, 1.807) is 6.92 Å². The summed E-state index contributed by atoms with van der Waals surface area (Å²) in [6, 6.07) is 6.94. The Labute approximate surface area is 108 Å². The van der Waals surface area contributed by atoms with E-state index in [-0.39, 0.29) is 5.91 Å². The lowest BCUT2D eigenvalue weighted by atomic mass is 10.2. The van der Waals surface area contributed by atoms with Crippen molar-refractivity contribution >= 4 is 11.6 Å². The number of hydrogen-bond donors (Lipinski definition) is 2. The first-order chi connectivity index (χ1) is 8.65. The topological polar surface area (TPSA) is 64.4 Å². The van der Waals surface area contributed by atoms with Crippen molar-refractivity contribution in [3.8, 4) is 5.75 Å².